The van der Waals surface area contributed by atoms with Gasteiger partial charge in [-0.25, -0.2) is 0 Å². The summed E-state index contributed by atoms with van der Waals surface area (Å²) in [6.45, 7) is 3.75. The van der Waals surface area contributed by atoms with Crippen molar-refractivity contribution in [3.63, 3.8) is 0 Å². The van der Waals surface area contributed by atoms with E-state index in [2.05, 4.69) is 4.74 Å². The van der Waals surface area contributed by atoms with Crippen LogP contribution in [-0.2, 0) is 16.0 Å². The van der Waals surface area contributed by atoms with E-state index in [4.69, 9.17) is 5.73 Å². The van der Waals surface area contributed by atoms with Crippen LogP contribution >= 0.6 is 0 Å². The third kappa shape index (κ3) is 2.52. The number of carbonyl (C=O) groups excluding carboxylic acids is 1. The normalized spacial score (nSPS) is 12.2. The molecule has 0 fully saturated rings. The Hall–Kier alpha value is -1.55. The average Bonchev–Trinajstić information content (AvgIpc) is 2.28. The largest absolute Gasteiger partial charge is 0.507 e. The number of phenolic OH excluding ortho intramolecular Hbond substituents is 1. The average molecular weight is 223 g/mol. The second kappa shape index (κ2) is 4.99. The van der Waals surface area contributed by atoms with E-state index in [1.807, 2.05) is 19.9 Å². The van der Waals surface area contributed by atoms with Gasteiger partial charge in [0.15, 0.2) is 0 Å². The van der Waals surface area contributed by atoms with Gasteiger partial charge in [-0.3, -0.25) is 4.79 Å². The zero-order chi connectivity index (χ0) is 12.3. The van der Waals surface area contributed by atoms with Gasteiger partial charge in [-0.2, -0.15) is 0 Å². The van der Waals surface area contributed by atoms with E-state index in [0.717, 1.165) is 11.1 Å². The lowest BCUT2D eigenvalue weighted by molar-refractivity contribution is -0.142. The van der Waals surface area contributed by atoms with E-state index in [9.17, 15) is 9.90 Å². The predicted molar refractivity (Wildman–Crippen MR) is 61.3 cm³/mol. The van der Waals surface area contributed by atoms with Crippen LogP contribution in [0.2, 0.25) is 0 Å². The van der Waals surface area contributed by atoms with E-state index < -0.39 is 12.0 Å². The molecule has 1 rings (SSSR count). The predicted octanol–water partition coefficient (Wildman–Crippen LogP) is 1.05. The van der Waals surface area contributed by atoms with Gasteiger partial charge in [0.1, 0.15) is 11.8 Å². The number of aryl methyl sites for hydroxylation is 1. The van der Waals surface area contributed by atoms with Crippen molar-refractivity contribution in [1.29, 1.82) is 0 Å². The Morgan fingerprint density at radius 1 is 1.50 bits per heavy atom. The summed E-state index contributed by atoms with van der Waals surface area (Å²) in [5.74, 6) is -0.267. The fourth-order valence-electron chi connectivity index (χ4n) is 1.49. The Bertz CT molecular complexity index is 401. The number of rotatable bonds is 3. The third-order valence-corrected chi connectivity index (χ3v) is 2.73. The first kappa shape index (κ1) is 12.5. The molecule has 0 aromatic heterocycles. The number of ether oxygens (including phenoxy) is 1. The molecular weight excluding hydrogens is 206 g/mol. The summed E-state index contributed by atoms with van der Waals surface area (Å²) < 4.78 is 4.53. The second-order valence-corrected chi connectivity index (χ2v) is 3.85. The fraction of sp³-hybridized carbons (Fsp3) is 0.417. The monoisotopic (exact) mass is 223 g/mol. The minimum absolute atomic E-state index is 0.208. The van der Waals surface area contributed by atoms with Crippen molar-refractivity contribution in [2.45, 2.75) is 26.3 Å². The van der Waals surface area contributed by atoms with Crippen molar-refractivity contribution in [3.8, 4) is 5.75 Å². The molecule has 0 spiro atoms. The lowest BCUT2D eigenvalue weighted by Crippen LogP contribution is -2.33. The summed E-state index contributed by atoms with van der Waals surface area (Å²) in [6, 6.07) is 2.94. The van der Waals surface area contributed by atoms with E-state index >= 15 is 0 Å². The summed E-state index contributed by atoms with van der Waals surface area (Å²) >= 11 is 0. The van der Waals surface area contributed by atoms with Crippen LogP contribution in [-0.4, -0.2) is 24.2 Å². The number of hydrogen-bond acceptors (Lipinski definition) is 4. The molecule has 1 aromatic rings. The summed E-state index contributed by atoms with van der Waals surface area (Å²) in [7, 11) is 1.29. The number of benzene rings is 1. The Balaban J connectivity index is 2.90. The molecule has 0 saturated heterocycles. The molecule has 0 aliphatic rings. The Morgan fingerprint density at radius 3 is 2.69 bits per heavy atom. The molecule has 1 aromatic carbocycles. The highest BCUT2D eigenvalue weighted by Crippen LogP contribution is 2.25. The number of hydrogen-bond donors (Lipinski definition) is 2. The molecule has 0 amide bonds. The van der Waals surface area contributed by atoms with Crippen LogP contribution in [0.25, 0.3) is 0 Å². The number of carbonyl (C=O) groups is 1. The lowest BCUT2D eigenvalue weighted by atomic mass is 9.99. The highest BCUT2D eigenvalue weighted by Gasteiger charge is 2.17. The van der Waals surface area contributed by atoms with Crippen LogP contribution in [0.15, 0.2) is 12.1 Å². The van der Waals surface area contributed by atoms with Gasteiger partial charge in [0.2, 0.25) is 0 Å². The first-order valence-electron chi connectivity index (χ1n) is 5.08. The molecule has 0 aliphatic heterocycles. The molecular formula is C12H17NO3. The maximum atomic E-state index is 11.2. The molecule has 0 heterocycles. The number of methoxy groups -OCH3 is 1. The van der Waals surface area contributed by atoms with Crippen molar-refractivity contribution in [1.82, 2.24) is 0 Å². The highest BCUT2D eigenvalue weighted by molar-refractivity contribution is 5.75. The minimum Gasteiger partial charge on any atom is -0.507 e. The molecule has 3 N–H and O–H groups in total. The van der Waals surface area contributed by atoms with E-state index in [1.165, 1.54) is 7.11 Å². The Morgan fingerprint density at radius 2 is 2.12 bits per heavy atom. The molecule has 0 radical (unpaired) electrons. The maximum Gasteiger partial charge on any atom is 0.322 e. The number of esters is 1. The molecule has 0 saturated carbocycles. The topological polar surface area (TPSA) is 72.5 Å². The standard InChI is InChI=1S/C12H17NO3/c1-7-4-5-9(11(14)8(7)2)6-10(13)12(15)16-3/h4-5,10,14H,6,13H2,1-3H3. The smallest absolute Gasteiger partial charge is 0.322 e. The second-order valence-electron chi connectivity index (χ2n) is 3.85. The summed E-state index contributed by atoms with van der Waals surface area (Å²) in [6.07, 6.45) is 0.277. The molecule has 1 atom stereocenters. The molecule has 4 nitrogen and oxygen atoms in total. The van der Waals surface area contributed by atoms with Gasteiger partial charge in [0, 0.05) is 6.42 Å². The molecule has 88 valence electrons. The summed E-state index contributed by atoms with van der Waals surface area (Å²) in [5.41, 5.74) is 8.12. The molecule has 0 aliphatic carbocycles. The van der Waals surface area contributed by atoms with E-state index in [-0.39, 0.29) is 12.2 Å². The van der Waals surface area contributed by atoms with Crippen LogP contribution in [0.1, 0.15) is 16.7 Å². The number of aromatic hydroxyl groups is 1. The lowest BCUT2D eigenvalue weighted by Gasteiger charge is -2.13. The third-order valence-electron chi connectivity index (χ3n) is 2.73. The van der Waals surface area contributed by atoms with Crippen LogP contribution in [0.4, 0.5) is 0 Å². The molecule has 1 unspecified atom stereocenters. The van der Waals surface area contributed by atoms with Crippen LogP contribution in [0.5, 0.6) is 5.75 Å². The van der Waals surface area contributed by atoms with Crippen LogP contribution in [0, 0.1) is 13.8 Å². The van der Waals surface area contributed by atoms with Crippen molar-refractivity contribution < 1.29 is 14.6 Å². The van der Waals surface area contributed by atoms with Gasteiger partial charge in [0.25, 0.3) is 0 Å². The van der Waals surface area contributed by atoms with Crippen molar-refractivity contribution >= 4 is 5.97 Å². The van der Waals surface area contributed by atoms with Gasteiger partial charge >= 0.3 is 5.97 Å². The SMILES string of the molecule is COC(=O)C(N)Cc1ccc(C)c(C)c1O. The first-order valence-corrected chi connectivity index (χ1v) is 5.08. The quantitative estimate of drug-likeness (QED) is 0.751. The minimum atomic E-state index is -0.738. The van der Waals surface area contributed by atoms with Gasteiger partial charge in [-0.1, -0.05) is 12.1 Å². The van der Waals surface area contributed by atoms with Crippen molar-refractivity contribution in [2.75, 3.05) is 7.11 Å². The zero-order valence-corrected chi connectivity index (χ0v) is 9.78. The van der Waals surface area contributed by atoms with Crippen LogP contribution < -0.4 is 5.73 Å². The number of phenols is 1. The summed E-state index contributed by atoms with van der Waals surface area (Å²) in [4.78, 5) is 11.2. The van der Waals surface area contributed by atoms with E-state index in [0.29, 0.717) is 5.56 Å². The molecule has 16 heavy (non-hydrogen) atoms. The zero-order valence-electron chi connectivity index (χ0n) is 9.78. The molecule has 4 heteroatoms. The summed E-state index contributed by atoms with van der Waals surface area (Å²) in [5, 5.41) is 9.87. The van der Waals surface area contributed by atoms with Crippen LogP contribution in [0.3, 0.4) is 0 Å². The Labute approximate surface area is 95.0 Å². The van der Waals surface area contributed by atoms with Gasteiger partial charge < -0.3 is 15.6 Å². The molecule has 0 bridgehead atoms. The van der Waals surface area contributed by atoms with Crippen molar-refractivity contribution in [2.24, 2.45) is 5.73 Å². The van der Waals surface area contributed by atoms with Crippen molar-refractivity contribution in [3.05, 3.63) is 28.8 Å². The highest BCUT2D eigenvalue weighted by atomic mass is 16.5. The van der Waals surface area contributed by atoms with E-state index in [1.54, 1.807) is 6.07 Å². The van der Waals surface area contributed by atoms with Gasteiger partial charge in [0.05, 0.1) is 7.11 Å². The fourth-order valence-corrected chi connectivity index (χ4v) is 1.49. The maximum absolute atomic E-state index is 11.2. The number of nitrogens with two attached hydrogens (primary N) is 1. The van der Waals surface area contributed by atoms with Gasteiger partial charge in [-0.05, 0) is 30.5 Å². The first-order chi connectivity index (χ1) is 7.47. The Kier molecular flexibility index (Phi) is 3.90. The van der Waals surface area contributed by atoms with Gasteiger partial charge in [-0.15, -0.1) is 0 Å².